The van der Waals surface area contributed by atoms with Crippen molar-refractivity contribution < 1.29 is 0 Å². The molecule has 1 aromatic carbocycles. The van der Waals surface area contributed by atoms with E-state index in [1.807, 2.05) is 12.1 Å². The summed E-state index contributed by atoms with van der Waals surface area (Å²) in [6.07, 6.45) is 2.15. The van der Waals surface area contributed by atoms with Crippen molar-refractivity contribution in [3.63, 3.8) is 0 Å². The Morgan fingerprint density at radius 3 is 2.72 bits per heavy atom. The zero-order valence-corrected chi connectivity index (χ0v) is 9.82. The van der Waals surface area contributed by atoms with Crippen LogP contribution in [0, 0.1) is 0 Å². The summed E-state index contributed by atoms with van der Waals surface area (Å²) in [6.45, 7) is 1.22. The van der Waals surface area contributed by atoms with Gasteiger partial charge in [-0.3, -0.25) is 0 Å². The number of aryl methyl sites for hydroxylation is 1. The fourth-order valence-corrected chi connectivity index (χ4v) is 2.36. The Morgan fingerprint density at radius 2 is 1.94 bits per heavy atom. The van der Waals surface area contributed by atoms with Gasteiger partial charge >= 0.3 is 11.4 Å². The van der Waals surface area contributed by atoms with Crippen LogP contribution in [0.15, 0.2) is 27.8 Å². The monoisotopic (exact) mass is 246 g/mol. The Kier molecular flexibility index (Phi) is 2.55. The van der Waals surface area contributed by atoms with Crippen molar-refractivity contribution >= 4 is 5.69 Å². The second-order valence-electron chi connectivity index (χ2n) is 4.43. The van der Waals surface area contributed by atoms with Gasteiger partial charge < -0.3 is 5.32 Å². The molecule has 0 spiro atoms. The zero-order valence-electron chi connectivity index (χ0n) is 9.82. The van der Waals surface area contributed by atoms with E-state index in [2.05, 4.69) is 21.6 Å². The minimum absolute atomic E-state index is 0.286. The third kappa shape index (κ3) is 1.75. The van der Waals surface area contributed by atoms with Crippen molar-refractivity contribution in [2.45, 2.75) is 19.4 Å². The fourth-order valence-electron chi connectivity index (χ4n) is 2.36. The molecule has 0 atom stereocenters. The molecule has 18 heavy (non-hydrogen) atoms. The Morgan fingerprint density at radius 1 is 1.17 bits per heavy atom. The molecule has 0 radical (unpaired) electrons. The Balaban J connectivity index is 2.03. The molecule has 0 aliphatic carbocycles. The number of nitrogens with zero attached hydrogens (tertiary/aromatic N) is 1. The minimum atomic E-state index is -0.409. The molecule has 6 nitrogen and oxygen atoms in total. The van der Waals surface area contributed by atoms with Crippen LogP contribution in [0.5, 0.6) is 0 Å². The van der Waals surface area contributed by atoms with Crippen LogP contribution in [-0.2, 0) is 13.0 Å². The number of aromatic nitrogens is 3. The first kappa shape index (κ1) is 10.9. The molecule has 6 heteroatoms. The summed E-state index contributed by atoms with van der Waals surface area (Å²) in [5.41, 5.74) is 2.47. The van der Waals surface area contributed by atoms with Gasteiger partial charge in [0.1, 0.15) is 0 Å². The average molecular weight is 246 g/mol. The lowest BCUT2D eigenvalue weighted by atomic mass is 9.99. The van der Waals surface area contributed by atoms with E-state index in [0.29, 0.717) is 0 Å². The molecule has 0 amide bonds. The molecule has 1 aromatic heterocycles. The minimum Gasteiger partial charge on any atom is -0.385 e. The Hall–Kier alpha value is -2.24. The number of aromatic amines is 2. The van der Waals surface area contributed by atoms with Gasteiger partial charge in [-0.15, -0.1) is 0 Å². The Bertz CT molecular complexity index is 652. The molecule has 0 unspecified atom stereocenters. The van der Waals surface area contributed by atoms with Gasteiger partial charge in [0.25, 0.3) is 0 Å². The SMILES string of the molecule is O=c1[nH][nH]c(=O)n1Cc1cccc2c1NCCC2. The summed E-state index contributed by atoms with van der Waals surface area (Å²) in [7, 11) is 0. The third-order valence-corrected chi connectivity index (χ3v) is 3.26. The quantitative estimate of drug-likeness (QED) is 0.711. The Labute approximate surface area is 103 Å². The van der Waals surface area contributed by atoms with Gasteiger partial charge in [0.2, 0.25) is 0 Å². The van der Waals surface area contributed by atoms with Gasteiger partial charge in [-0.05, 0) is 24.0 Å². The summed E-state index contributed by atoms with van der Waals surface area (Å²) in [5.74, 6) is 0. The molecule has 0 bridgehead atoms. The second kappa shape index (κ2) is 4.21. The molecule has 1 aliphatic rings. The van der Waals surface area contributed by atoms with Gasteiger partial charge in [-0.2, -0.15) is 0 Å². The van der Waals surface area contributed by atoms with Crippen LogP contribution < -0.4 is 16.7 Å². The van der Waals surface area contributed by atoms with Crippen molar-refractivity contribution in [2.75, 3.05) is 11.9 Å². The number of benzene rings is 1. The first-order valence-electron chi connectivity index (χ1n) is 5.98. The van der Waals surface area contributed by atoms with Gasteiger partial charge in [0.05, 0.1) is 6.54 Å². The number of hydrogen-bond acceptors (Lipinski definition) is 3. The standard InChI is InChI=1S/C12H14N4O2/c17-11-14-15-12(18)16(11)7-9-4-1-3-8-5-2-6-13-10(8)9/h1,3-4,13H,2,5-7H2,(H,14,17)(H,15,18). The summed E-state index contributed by atoms with van der Waals surface area (Å²) in [5, 5.41) is 7.92. The fraction of sp³-hybridized carbons (Fsp3) is 0.333. The van der Waals surface area contributed by atoms with Crippen LogP contribution in [0.4, 0.5) is 5.69 Å². The van der Waals surface area contributed by atoms with E-state index in [0.717, 1.165) is 35.2 Å². The van der Waals surface area contributed by atoms with E-state index < -0.39 is 11.4 Å². The molecule has 3 N–H and O–H groups in total. The molecule has 0 fully saturated rings. The van der Waals surface area contributed by atoms with Gasteiger partial charge in [-0.1, -0.05) is 18.2 Å². The van der Waals surface area contributed by atoms with E-state index in [9.17, 15) is 9.59 Å². The molecule has 3 rings (SSSR count). The summed E-state index contributed by atoms with van der Waals surface area (Å²) in [6, 6.07) is 5.98. The predicted octanol–water partition coefficient (Wildman–Crippen LogP) is 0.271. The normalized spacial score (nSPS) is 14.0. The zero-order chi connectivity index (χ0) is 12.5. The summed E-state index contributed by atoms with van der Waals surface area (Å²) < 4.78 is 1.16. The van der Waals surface area contributed by atoms with Crippen LogP contribution in [0.25, 0.3) is 0 Å². The number of anilines is 1. The number of fused-ring (bicyclic) bond motifs is 1. The number of para-hydroxylation sites is 1. The van der Waals surface area contributed by atoms with E-state index in [1.165, 1.54) is 5.56 Å². The summed E-state index contributed by atoms with van der Waals surface area (Å²) >= 11 is 0. The van der Waals surface area contributed by atoms with Crippen molar-refractivity contribution in [3.05, 3.63) is 50.3 Å². The van der Waals surface area contributed by atoms with E-state index >= 15 is 0 Å². The lowest BCUT2D eigenvalue weighted by Gasteiger charge is -2.21. The highest BCUT2D eigenvalue weighted by molar-refractivity contribution is 5.59. The van der Waals surface area contributed by atoms with Crippen molar-refractivity contribution in [3.8, 4) is 0 Å². The molecule has 94 valence electrons. The van der Waals surface area contributed by atoms with Crippen LogP contribution in [0.2, 0.25) is 0 Å². The smallest absolute Gasteiger partial charge is 0.344 e. The van der Waals surface area contributed by atoms with Crippen LogP contribution in [-0.4, -0.2) is 21.3 Å². The summed E-state index contributed by atoms with van der Waals surface area (Å²) in [4.78, 5) is 22.9. The van der Waals surface area contributed by atoms with Crippen molar-refractivity contribution in [1.29, 1.82) is 0 Å². The van der Waals surface area contributed by atoms with E-state index in [1.54, 1.807) is 0 Å². The number of rotatable bonds is 2. The second-order valence-corrected chi connectivity index (χ2v) is 4.43. The van der Waals surface area contributed by atoms with Gasteiger partial charge in [0, 0.05) is 12.2 Å². The lowest BCUT2D eigenvalue weighted by molar-refractivity contribution is 0.727. The number of hydrogen-bond donors (Lipinski definition) is 3. The number of H-pyrrole nitrogens is 2. The van der Waals surface area contributed by atoms with Crippen LogP contribution in [0.3, 0.4) is 0 Å². The maximum Gasteiger partial charge on any atom is 0.344 e. The molecule has 2 aromatic rings. The third-order valence-electron chi connectivity index (χ3n) is 3.26. The predicted molar refractivity (Wildman–Crippen MR) is 68.0 cm³/mol. The van der Waals surface area contributed by atoms with E-state index in [4.69, 9.17) is 0 Å². The largest absolute Gasteiger partial charge is 0.385 e. The van der Waals surface area contributed by atoms with Crippen molar-refractivity contribution in [2.24, 2.45) is 0 Å². The van der Waals surface area contributed by atoms with Crippen LogP contribution in [0.1, 0.15) is 17.5 Å². The number of nitrogens with one attached hydrogen (secondary N) is 3. The molecular formula is C12H14N4O2. The first-order valence-corrected chi connectivity index (χ1v) is 5.98. The molecule has 1 aliphatic heterocycles. The highest BCUT2D eigenvalue weighted by Crippen LogP contribution is 2.26. The molecular weight excluding hydrogens is 232 g/mol. The highest BCUT2D eigenvalue weighted by atomic mass is 16.2. The first-order chi connectivity index (χ1) is 8.75. The molecule has 0 saturated carbocycles. The molecule has 2 heterocycles. The average Bonchev–Trinajstić information content (AvgIpc) is 2.71. The maximum atomic E-state index is 11.5. The maximum absolute atomic E-state index is 11.5. The van der Waals surface area contributed by atoms with Gasteiger partial charge in [0.15, 0.2) is 0 Å². The topological polar surface area (TPSA) is 82.7 Å². The van der Waals surface area contributed by atoms with E-state index in [-0.39, 0.29) is 6.54 Å². The molecule has 0 saturated heterocycles. The van der Waals surface area contributed by atoms with Gasteiger partial charge in [-0.25, -0.2) is 24.4 Å². The van der Waals surface area contributed by atoms with Crippen molar-refractivity contribution in [1.82, 2.24) is 14.8 Å². The lowest BCUT2D eigenvalue weighted by Crippen LogP contribution is -2.28. The van der Waals surface area contributed by atoms with Crippen LogP contribution >= 0.6 is 0 Å². The highest BCUT2D eigenvalue weighted by Gasteiger charge is 2.13.